The molecule has 0 fully saturated rings. The first-order valence-electron chi connectivity index (χ1n) is 12.8. The highest BCUT2D eigenvalue weighted by Gasteiger charge is 2.41. The van der Waals surface area contributed by atoms with E-state index in [1.54, 1.807) is 24.1 Å². The number of anilines is 2. The van der Waals surface area contributed by atoms with Crippen molar-refractivity contribution in [3.63, 3.8) is 0 Å². The van der Waals surface area contributed by atoms with E-state index in [-0.39, 0.29) is 24.5 Å². The minimum Gasteiger partial charge on any atom is -0.493 e. The number of methoxy groups -OCH3 is 2. The molecule has 0 spiro atoms. The number of carbonyl (C=O) groups excluding carboxylic acids is 2. The number of amides is 1. The van der Waals surface area contributed by atoms with Crippen LogP contribution in [0.1, 0.15) is 48.8 Å². The molecule has 0 unspecified atom stereocenters. The molecule has 39 heavy (non-hydrogen) atoms. The number of aliphatic carboxylic acids is 1. The molecule has 0 saturated heterocycles. The summed E-state index contributed by atoms with van der Waals surface area (Å²) in [7, 11) is 3.07. The summed E-state index contributed by atoms with van der Waals surface area (Å²) in [5.41, 5.74) is 4.24. The predicted octanol–water partition coefficient (Wildman–Crippen LogP) is 5.47. The fourth-order valence-electron chi connectivity index (χ4n) is 5.50. The standard InChI is InChI=1S/C31H30N2O6/c1-38-26-13-12-20(18-27(26)39-2)31-30-23(16-21(17-25(30)34)19-8-4-3-5-9-19)32-22-10-6-7-11-24(22)33(31)28(35)14-15-29(36)37/h3-13,18,21,31-32H,14-17H2,1-2H3,(H,36,37)/t21-,31+/m0/s1. The van der Waals surface area contributed by atoms with Gasteiger partial charge in [0.25, 0.3) is 0 Å². The second kappa shape index (κ2) is 11.0. The van der Waals surface area contributed by atoms with Crippen LogP contribution in [0.5, 0.6) is 11.5 Å². The van der Waals surface area contributed by atoms with Crippen molar-refractivity contribution in [2.24, 2.45) is 0 Å². The first kappa shape index (κ1) is 26.0. The van der Waals surface area contributed by atoms with Gasteiger partial charge in [0.2, 0.25) is 5.91 Å². The number of carboxylic acid groups (broad SMARTS) is 1. The summed E-state index contributed by atoms with van der Waals surface area (Å²) in [6.07, 6.45) is 0.346. The number of hydrogen-bond donors (Lipinski definition) is 2. The lowest BCUT2D eigenvalue weighted by Gasteiger charge is -2.35. The number of allylic oxidation sites excluding steroid dienone is 1. The molecule has 5 rings (SSSR count). The van der Waals surface area contributed by atoms with Crippen molar-refractivity contribution in [1.82, 2.24) is 0 Å². The van der Waals surface area contributed by atoms with Gasteiger partial charge in [-0.25, -0.2) is 0 Å². The molecule has 1 aliphatic heterocycles. The zero-order valence-corrected chi connectivity index (χ0v) is 21.8. The van der Waals surface area contributed by atoms with Crippen LogP contribution in [0.3, 0.4) is 0 Å². The van der Waals surface area contributed by atoms with Gasteiger partial charge in [-0.3, -0.25) is 19.3 Å². The Kier molecular flexibility index (Phi) is 7.36. The summed E-state index contributed by atoms with van der Waals surface area (Å²) in [6.45, 7) is 0. The first-order chi connectivity index (χ1) is 18.9. The summed E-state index contributed by atoms with van der Waals surface area (Å²) < 4.78 is 11.0. The number of fused-ring (bicyclic) bond motifs is 1. The van der Waals surface area contributed by atoms with E-state index in [9.17, 15) is 19.5 Å². The highest BCUT2D eigenvalue weighted by atomic mass is 16.5. The van der Waals surface area contributed by atoms with Gasteiger partial charge in [0.15, 0.2) is 17.3 Å². The molecule has 0 saturated carbocycles. The van der Waals surface area contributed by atoms with Crippen molar-refractivity contribution in [1.29, 1.82) is 0 Å². The van der Waals surface area contributed by atoms with E-state index in [4.69, 9.17) is 9.47 Å². The summed E-state index contributed by atoms with van der Waals surface area (Å²) >= 11 is 0. The molecule has 8 nitrogen and oxygen atoms in total. The molecule has 200 valence electrons. The zero-order valence-electron chi connectivity index (χ0n) is 21.8. The van der Waals surface area contributed by atoms with Crippen LogP contribution in [0.15, 0.2) is 84.1 Å². The third-order valence-electron chi connectivity index (χ3n) is 7.30. The lowest BCUT2D eigenvalue weighted by Crippen LogP contribution is -2.38. The molecule has 1 aliphatic carbocycles. The van der Waals surface area contributed by atoms with Crippen LogP contribution in [-0.4, -0.2) is 37.0 Å². The monoisotopic (exact) mass is 526 g/mol. The second-order valence-electron chi connectivity index (χ2n) is 9.65. The van der Waals surface area contributed by atoms with Crippen molar-refractivity contribution < 1.29 is 29.0 Å². The van der Waals surface area contributed by atoms with Crippen LogP contribution in [0.25, 0.3) is 0 Å². The van der Waals surface area contributed by atoms with Crippen molar-refractivity contribution in [3.8, 4) is 11.5 Å². The second-order valence-corrected chi connectivity index (χ2v) is 9.65. The SMILES string of the molecule is COc1ccc([C@@H]2C3=C(C[C@H](c4ccccc4)CC3=O)Nc3ccccc3N2C(=O)CCC(=O)O)cc1OC. The predicted molar refractivity (Wildman–Crippen MR) is 147 cm³/mol. The Hall–Kier alpha value is -4.59. The van der Waals surface area contributed by atoms with Crippen LogP contribution in [0.4, 0.5) is 11.4 Å². The number of carbonyl (C=O) groups is 3. The lowest BCUT2D eigenvalue weighted by atomic mass is 9.78. The van der Waals surface area contributed by atoms with Gasteiger partial charge in [0.05, 0.1) is 38.1 Å². The Balaban J connectivity index is 1.71. The van der Waals surface area contributed by atoms with E-state index in [0.717, 1.165) is 11.3 Å². The molecule has 0 radical (unpaired) electrons. The quantitative estimate of drug-likeness (QED) is 0.421. The van der Waals surface area contributed by atoms with Gasteiger partial charge in [0.1, 0.15) is 0 Å². The number of carboxylic acids is 1. The number of nitrogens with zero attached hydrogens (tertiary/aromatic N) is 1. The summed E-state index contributed by atoms with van der Waals surface area (Å²) in [6, 6.07) is 21.9. The molecule has 2 atom stereocenters. The highest BCUT2D eigenvalue weighted by Crippen LogP contribution is 2.48. The molecule has 3 aromatic rings. The summed E-state index contributed by atoms with van der Waals surface area (Å²) in [4.78, 5) is 40.8. The van der Waals surface area contributed by atoms with E-state index in [0.29, 0.717) is 46.9 Å². The number of benzene rings is 3. The van der Waals surface area contributed by atoms with E-state index >= 15 is 0 Å². The first-order valence-corrected chi connectivity index (χ1v) is 12.8. The fraction of sp³-hybridized carbons (Fsp3) is 0.258. The molecular weight excluding hydrogens is 496 g/mol. The van der Waals surface area contributed by atoms with Crippen LogP contribution < -0.4 is 19.7 Å². The van der Waals surface area contributed by atoms with Crippen molar-refractivity contribution in [2.75, 3.05) is 24.4 Å². The minimum atomic E-state index is -1.06. The van der Waals surface area contributed by atoms with Crippen molar-refractivity contribution >= 4 is 29.0 Å². The van der Waals surface area contributed by atoms with Crippen LogP contribution in [0.2, 0.25) is 0 Å². The number of hydrogen-bond acceptors (Lipinski definition) is 6. The van der Waals surface area contributed by atoms with Gasteiger partial charge >= 0.3 is 5.97 Å². The Labute approximate surface area is 226 Å². The molecular formula is C31H30N2O6. The van der Waals surface area contributed by atoms with Crippen LogP contribution >= 0.6 is 0 Å². The Morgan fingerprint density at radius 3 is 2.33 bits per heavy atom. The van der Waals surface area contributed by atoms with E-state index in [1.165, 1.54) is 7.11 Å². The maximum atomic E-state index is 14.0. The molecule has 3 aromatic carbocycles. The lowest BCUT2D eigenvalue weighted by molar-refractivity contribution is -0.138. The summed E-state index contributed by atoms with van der Waals surface area (Å²) in [5.74, 6) is -0.556. The topological polar surface area (TPSA) is 105 Å². The largest absolute Gasteiger partial charge is 0.493 e. The van der Waals surface area contributed by atoms with E-state index in [1.807, 2.05) is 60.7 Å². The molecule has 0 bridgehead atoms. The highest BCUT2D eigenvalue weighted by molar-refractivity contribution is 6.06. The fourth-order valence-corrected chi connectivity index (χ4v) is 5.50. The molecule has 0 aromatic heterocycles. The molecule has 2 N–H and O–H groups in total. The molecule has 1 heterocycles. The number of rotatable bonds is 7. The number of ether oxygens (including phenoxy) is 2. The van der Waals surface area contributed by atoms with Gasteiger partial charge in [-0.2, -0.15) is 0 Å². The number of Topliss-reactive ketones (excluding diaryl/α,β-unsaturated/α-hetero) is 1. The normalized spacial score (nSPS) is 18.4. The van der Waals surface area contributed by atoms with Gasteiger partial charge in [-0.15, -0.1) is 0 Å². The van der Waals surface area contributed by atoms with Gasteiger partial charge in [0, 0.05) is 24.1 Å². The number of para-hydroxylation sites is 2. The molecule has 2 aliphatic rings. The smallest absolute Gasteiger partial charge is 0.303 e. The third-order valence-corrected chi connectivity index (χ3v) is 7.30. The number of ketones is 1. The average Bonchev–Trinajstić information content (AvgIpc) is 3.10. The van der Waals surface area contributed by atoms with E-state index in [2.05, 4.69) is 5.32 Å². The Morgan fingerprint density at radius 2 is 1.62 bits per heavy atom. The number of nitrogens with one attached hydrogen (secondary N) is 1. The Bertz CT molecular complexity index is 1450. The van der Waals surface area contributed by atoms with Crippen LogP contribution in [-0.2, 0) is 14.4 Å². The van der Waals surface area contributed by atoms with Gasteiger partial charge in [-0.05, 0) is 47.7 Å². The minimum absolute atomic E-state index is 0.0163. The molecule has 8 heteroatoms. The van der Waals surface area contributed by atoms with Gasteiger partial charge in [-0.1, -0.05) is 48.5 Å². The summed E-state index contributed by atoms with van der Waals surface area (Å²) in [5, 5.41) is 12.8. The average molecular weight is 527 g/mol. The van der Waals surface area contributed by atoms with Crippen LogP contribution in [0, 0.1) is 0 Å². The maximum Gasteiger partial charge on any atom is 0.303 e. The Morgan fingerprint density at radius 1 is 0.897 bits per heavy atom. The zero-order chi connectivity index (χ0) is 27.5. The van der Waals surface area contributed by atoms with Gasteiger partial charge < -0.3 is 19.9 Å². The molecule has 1 amide bonds. The van der Waals surface area contributed by atoms with Crippen molar-refractivity contribution in [2.45, 2.75) is 37.6 Å². The maximum absolute atomic E-state index is 14.0. The third kappa shape index (κ3) is 5.10. The van der Waals surface area contributed by atoms with E-state index < -0.39 is 17.9 Å². The van der Waals surface area contributed by atoms with Crippen molar-refractivity contribution in [3.05, 3.63) is 95.2 Å².